The summed E-state index contributed by atoms with van der Waals surface area (Å²) in [5.41, 5.74) is 0.965. The molecule has 0 amide bonds. The van der Waals surface area contributed by atoms with E-state index in [0.29, 0.717) is 18.7 Å². The molecule has 134 valence electrons. The van der Waals surface area contributed by atoms with Crippen LogP contribution >= 0.6 is 0 Å². The van der Waals surface area contributed by atoms with Gasteiger partial charge in [-0.25, -0.2) is 4.79 Å². The number of ether oxygens (including phenoxy) is 1. The normalized spacial score (nSPS) is 19.7. The molecule has 0 radical (unpaired) electrons. The zero-order chi connectivity index (χ0) is 17.0. The Morgan fingerprint density at radius 2 is 1.81 bits per heavy atom. The summed E-state index contributed by atoms with van der Waals surface area (Å²) in [7, 11) is 0. The van der Waals surface area contributed by atoms with E-state index in [9.17, 15) is 9.90 Å². The van der Waals surface area contributed by atoms with Crippen molar-refractivity contribution < 1.29 is 49.7 Å². The molecule has 1 heterocycles. The second kappa shape index (κ2) is 10.1. The number of benzene rings is 2. The number of carboxylic acid groups (broad SMARTS) is 1. The number of piperidine rings is 1. The summed E-state index contributed by atoms with van der Waals surface area (Å²) in [4.78, 5) is 14.2. The van der Waals surface area contributed by atoms with E-state index >= 15 is 0 Å². The number of hydrogen-bond acceptors (Lipinski definition) is 4. The third-order valence-corrected chi connectivity index (χ3v) is 4.57. The van der Waals surface area contributed by atoms with Gasteiger partial charge in [0.2, 0.25) is 5.60 Å². The van der Waals surface area contributed by atoms with Crippen LogP contribution in [0.5, 0.6) is 5.75 Å². The maximum atomic E-state index is 12.0. The van der Waals surface area contributed by atoms with Crippen molar-refractivity contribution in [2.24, 2.45) is 0 Å². The molecular weight excluding hydrogens is 341 g/mol. The molecule has 26 heavy (non-hydrogen) atoms. The van der Waals surface area contributed by atoms with Gasteiger partial charge in [0.1, 0.15) is 5.75 Å². The Labute approximate surface area is 176 Å². The maximum Gasteiger partial charge on any atom is 1.00 e. The van der Waals surface area contributed by atoms with Crippen molar-refractivity contribution in [3.05, 3.63) is 65.7 Å². The predicted octanol–water partition coefficient (Wildman–Crippen LogP) is 0.320. The van der Waals surface area contributed by atoms with Crippen LogP contribution in [0.25, 0.3) is 0 Å². The Kier molecular flexibility index (Phi) is 8.80. The van der Waals surface area contributed by atoms with Gasteiger partial charge in [-0.1, -0.05) is 48.5 Å². The van der Waals surface area contributed by atoms with Gasteiger partial charge in [-0.15, -0.1) is 0 Å². The Bertz CT molecular complexity index is 710. The van der Waals surface area contributed by atoms with Crippen molar-refractivity contribution in [1.29, 1.82) is 0 Å². The van der Waals surface area contributed by atoms with Crippen LogP contribution in [0, 0.1) is 6.92 Å². The van der Waals surface area contributed by atoms with E-state index in [2.05, 4.69) is 17.0 Å². The number of likely N-dealkylation sites (tertiary alicyclic amines) is 1. The van der Waals surface area contributed by atoms with Crippen LogP contribution in [0.15, 0.2) is 54.6 Å². The van der Waals surface area contributed by atoms with E-state index in [4.69, 9.17) is 4.74 Å². The monoisotopic (exact) mass is 365 g/mol. The largest absolute Gasteiger partial charge is 1.00 e. The molecule has 0 saturated carbocycles. The van der Waals surface area contributed by atoms with E-state index < -0.39 is 11.6 Å². The molecule has 2 aromatic rings. The number of nitrogens with zero attached hydrogens (tertiary/aromatic N) is 1. The fourth-order valence-corrected chi connectivity index (χ4v) is 3.27. The molecule has 1 aliphatic heterocycles. The Morgan fingerprint density at radius 3 is 2.46 bits per heavy atom. The van der Waals surface area contributed by atoms with Crippen molar-refractivity contribution in [3.8, 4) is 5.75 Å². The number of carboxylic acids is 1. The third kappa shape index (κ3) is 5.32. The molecule has 1 aliphatic rings. The number of aryl methyl sites for hydroxylation is 1. The van der Waals surface area contributed by atoms with Crippen LogP contribution < -0.4 is 34.3 Å². The van der Waals surface area contributed by atoms with Gasteiger partial charge in [0.15, 0.2) is 0 Å². The van der Waals surface area contributed by atoms with Gasteiger partial charge in [-0.3, -0.25) is 4.90 Å². The van der Waals surface area contributed by atoms with E-state index in [-0.39, 0.29) is 35.0 Å². The maximum absolute atomic E-state index is 12.0. The number of aliphatic carboxylic acids is 1. The van der Waals surface area contributed by atoms with Crippen LogP contribution in [0.2, 0.25) is 0 Å². The van der Waals surface area contributed by atoms with Crippen molar-refractivity contribution in [1.82, 2.24) is 4.90 Å². The summed E-state index contributed by atoms with van der Waals surface area (Å²) >= 11 is 0. The van der Waals surface area contributed by atoms with Gasteiger partial charge in [-0.05, 0) is 37.1 Å². The number of hydrogen-bond donors (Lipinski definition) is 1. The summed E-state index contributed by atoms with van der Waals surface area (Å²) in [5, 5.41) is 9.87. The summed E-state index contributed by atoms with van der Waals surface area (Å²) in [5.74, 6) is -0.232. The smallest absolute Gasteiger partial charge is 0.870 e. The molecule has 0 aromatic heterocycles. The van der Waals surface area contributed by atoms with Gasteiger partial charge >= 0.3 is 35.5 Å². The van der Waals surface area contributed by atoms with Crippen molar-refractivity contribution in [2.75, 3.05) is 13.1 Å². The first kappa shape index (κ1) is 22.7. The van der Waals surface area contributed by atoms with Crippen molar-refractivity contribution in [2.45, 2.75) is 31.9 Å². The zero-order valence-electron chi connectivity index (χ0n) is 15.4. The summed E-state index contributed by atoms with van der Waals surface area (Å²) in [6.45, 7) is 3.97. The number of para-hydroxylation sites is 1. The van der Waals surface area contributed by atoms with Gasteiger partial charge in [0.25, 0.3) is 0 Å². The topological polar surface area (TPSA) is 79.8 Å². The molecule has 1 unspecified atom stereocenters. The molecule has 0 spiro atoms. The first-order chi connectivity index (χ1) is 11.6. The second-order valence-electron chi connectivity index (χ2n) is 6.47. The SMILES string of the molecule is Cc1ccccc1OC1(C(=O)O)CCCN(Cc2ccccc2)C1.[Na+].[OH-]. The molecule has 3 rings (SSSR count). The minimum Gasteiger partial charge on any atom is -0.870 e. The van der Waals surface area contributed by atoms with Gasteiger partial charge in [-0.2, -0.15) is 0 Å². The standard InChI is InChI=1S/C20H23NO3.Na.H2O/c1-16-8-5-6-11-18(16)24-20(19(22)23)12-7-13-21(15-20)14-17-9-3-2-4-10-17;;/h2-6,8-11H,7,12-15H2,1H3,(H,22,23);;1H2/q;+1;/p-1. The Hall–Kier alpha value is -1.37. The van der Waals surface area contributed by atoms with Crippen molar-refractivity contribution in [3.63, 3.8) is 0 Å². The molecule has 1 fully saturated rings. The van der Waals surface area contributed by atoms with Crippen LogP contribution in [-0.2, 0) is 11.3 Å². The first-order valence-electron chi connectivity index (χ1n) is 8.33. The minimum atomic E-state index is -1.18. The molecule has 6 heteroatoms. The van der Waals surface area contributed by atoms with Gasteiger partial charge in [0, 0.05) is 19.5 Å². The fourth-order valence-electron chi connectivity index (χ4n) is 3.27. The van der Waals surface area contributed by atoms with Crippen LogP contribution in [0.4, 0.5) is 0 Å². The summed E-state index contributed by atoms with van der Waals surface area (Å²) < 4.78 is 6.06. The minimum absolute atomic E-state index is 0. The number of rotatable bonds is 5. The second-order valence-corrected chi connectivity index (χ2v) is 6.47. The zero-order valence-corrected chi connectivity index (χ0v) is 17.4. The van der Waals surface area contributed by atoms with E-state index in [0.717, 1.165) is 25.1 Å². The average molecular weight is 365 g/mol. The summed E-state index contributed by atoms with van der Waals surface area (Å²) in [6.07, 6.45) is 1.34. The third-order valence-electron chi connectivity index (χ3n) is 4.57. The quantitative estimate of drug-likeness (QED) is 0.772. The van der Waals surface area contributed by atoms with Crippen molar-refractivity contribution >= 4 is 5.97 Å². The van der Waals surface area contributed by atoms with E-state index in [1.807, 2.05) is 49.4 Å². The molecule has 0 bridgehead atoms. The molecule has 1 saturated heterocycles. The molecule has 2 N–H and O–H groups in total. The number of carbonyl (C=O) groups is 1. The first-order valence-corrected chi connectivity index (χ1v) is 8.33. The molecular formula is C20H24NNaO4. The van der Waals surface area contributed by atoms with Crippen LogP contribution in [-0.4, -0.2) is 40.1 Å². The van der Waals surface area contributed by atoms with Crippen LogP contribution in [0.3, 0.4) is 0 Å². The Balaban J connectivity index is 0.00000169. The summed E-state index contributed by atoms with van der Waals surface area (Å²) in [6, 6.07) is 17.7. The predicted molar refractivity (Wildman–Crippen MR) is 95.1 cm³/mol. The van der Waals surface area contributed by atoms with Crippen LogP contribution in [0.1, 0.15) is 24.0 Å². The molecule has 2 aromatic carbocycles. The molecule has 0 aliphatic carbocycles. The van der Waals surface area contributed by atoms with E-state index in [1.165, 1.54) is 5.56 Å². The molecule has 1 atom stereocenters. The average Bonchev–Trinajstić information content (AvgIpc) is 2.58. The Morgan fingerprint density at radius 1 is 1.15 bits per heavy atom. The van der Waals surface area contributed by atoms with E-state index in [1.54, 1.807) is 0 Å². The van der Waals surface area contributed by atoms with Gasteiger partial charge < -0.3 is 15.3 Å². The molecule has 5 nitrogen and oxygen atoms in total. The van der Waals surface area contributed by atoms with Gasteiger partial charge in [0.05, 0.1) is 0 Å². The fraction of sp³-hybridized carbons (Fsp3) is 0.350.